The van der Waals surface area contributed by atoms with Gasteiger partial charge in [-0.05, 0) is 37.8 Å². The molecular weight excluding hydrogens is 318 g/mol. The van der Waals surface area contributed by atoms with E-state index in [0.29, 0.717) is 26.1 Å². The van der Waals surface area contributed by atoms with Gasteiger partial charge in [-0.1, -0.05) is 36.8 Å². The molecule has 138 valence electrons. The number of likely N-dealkylation sites (tertiary alicyclic amines) is 1. The van der Waals surface area contributed by atoms with E-state index < -0.39 is 0 Å². The fraction of sp³-hybridized carbons (Fsp3) is 0.579. The van der Waals surface area contributed by atoms with Gasteiger partial charge in [-0.15, -0.1) is 0 Å². The number of unbranched alkanes of at least 4 members (excludes halogenated alkanes) is 1. The maximum absolute atomic E-state index is 13.0. The molecule has 0 aliphatic carbocycles. The number of nitrogens with one attached hydrogen (secondary N) is 1. The molecule has 6 nitrogen and oxygen atoms in total. The predicted molar refractivity (Wildman–Crippen MR) is 96.7 cm³/mol. The molecule has 0 radical (unpaired) electrons. The van der Waals surface area contributed by atoms with E-state index in [1.54, 1.807) is 0 Å². The molecule has 3 N–H and O–H groups in total. The SMILES string of the molecule is NCCCC[C@H](NCc1ccccc1)C(=O)N1CCC[C@@H](OC=O)C1. The Labute approximate surface area is 149 Å². The summed E-state index contributed by atoms with van der Waals surface area (Å²) in [5, 5.41) is 3.40. The molecule has 1 aromatic carbocycles. The van der Waals surface area contributed by atoms with Gasteiger partial charge in [0.05, 0.1) is 12.6 Å². The van der Waals surface area contributed by atoms with Gasteiger partial charge >= 0.3 is 0 Å². The van der Waals surface area contributed by atoms with Gasteiger partial charge in [-0.25, -0.2) is 0 Å². The van der Waals surface area contributed by atoms with Gasteiger partial charge in [0.2, 0.25) is 5.91 Å². The molecule has 6 heteroatoms. The summed E-state index contributed by atoms with van der Waals surface area (Å²) in [5.74, 6) is 0.0900. The lowest BCUT2D eigenvalue weighted by molar-refractivity contribution is -0.144. The van der Waals surface area contributed by atoms with Crippen LogP contribution >= 0.6 is 0 Å². The first-order valence-corrected chi connectivity index (χ1v) is 9.10. The number of amides is 1. The van der Waals surface area contributed by atoms with Crippen LogP contribution in [0.25, 0.3) is 0 Å². The normalized spacial score (nSPS) is 18.6. The zero-order chi connectivity index (χ0) is 17.9. The molecule has 1 saturated heterocycles. The first-order valence-electron chi connectivity index (χ1n) is 9.10. The molecule has 1 amide bonds. The van der Waals surface area contributed by atoms with Crippen LogP contribution in [0.4, 0.5) is 0 Å². The highest BCUT2D eigenvalue weighted by atomic mass is 16.5. The Kier molecular flexibility index (Phi) is 8.42. The van der Waals surface area contributed by atoms with Crippen molar-refractivity contribution < 1.29 is 14.3 Å². The van der Waals surface area contributed by atoms with E-state index in [-0.39, 0.29) is 18.1 Å². The highest BCUT2D eigenvalue weighted by Gasteiger charge is 2.29. The molecule has 2 atom stereocenters. The van der Waals surface area contributed by atoms with E-state index in [4.69, 9.17) is 10.5 Å². The molecule has 0 bridgehead atoms. The van der Waals surface area contributed by atoms with E-state index in [2.05, 4.69) is 5.32 Å². The molecule has 1 fully saturated rings. The number of hydrogen-bond acceptors (Lipinski definition) is 5. The van der Waals surface area contributed by atoms with Crippen molar-refractivity contribution in [3.05, 3.63) is 35.9 Å². The maximum atomic E-state index is 13.0. The third kappa shape index (κ3) is 6.48. The van der Waals surface area contributed by atoms with Crippen LogP contribution in [0, 0.1) is 0 Å². The fourth-order valence-corrected chi connectivity index (χ4v) is 3.19. The lowest BCUT2D eigenvalue weighted by atomic mass is 10.0. The van der Waals surface area contributed by atoms with Crippen LogP contribution in [0.1, 0.15) is 37.7 Å². The molecule has 1 aromatic rings. The average molecular weight is 347 g/mol. The number of hydrogen-bond donors (Lipinski definition) is 2. The van der Waals surface area contributed by atoms with Gasteiger partial charge < -0.3 is 20.7 Å². The number of rotatable bonds is 10. The topological polar surface area (TPSA) is 84.7 Å². The number of nitrogens with zero attached hydrogens (tertiary/aromatic N) is 1. The minimum atomic E-state index is -0.235. The maximum Gasteiger partial charge on any atom is 0.293 e. The van der Waals surface area contributed by atoms with Crippen LogP contribution in [0.15, 0.2) is 30.3 Å². The van der Waals surface area contributed by atoms with Crippen molar-refractivity contribution in [1.82, 2.24) is 10.2 Å². The van der Waals surface area contributed by atoms with E-state index in [9.17, 15) is 9.59 Å². The molecular formula is C19H29N3O3. The van der Waals surface area contributed by atoms with Crippen LogP contribution in [0.2, 0.25) is 0 Å². The molecule has 1 heterocycles. The molecule has 0 aromatic heterocycles. The van der Waals surface area contributed by atoms with Crippen molar-refractivity contribution in [3.63, 3.8) is 0 Å². The fourth-order valence-electron chi connectivity index (χ4n) is 3.19. The highest BCUT2D eigenvalue weighted by molar-refractivity contribution is 5.82. The molecule has 0 unspecified atom stereocenters. The molecule has 1 aliphatic heterocycles. The number of ether oxygens (including phenoxy) is 1. The van der Waals surface area contributed by atoms with Crippen molar-refractivity contribution in [1.29, 1.82) is 0 Å². The monoisotopic (exact) mass is 347 g/mol. The minimum absolute atomic E-state index is 0.0900. The Morgan fingerprint density at radius 3 is 2.88 bits per heavy atom. The van der Waals surface area contributed by atoms with Gasteiger partial charge in [-0.2, -0.15) is 0 Å². The quantitative estimate of drug-likeness (QED) is 0.494. The Hall–Kier alpha value is -1.92. The number of piperidine rings is 1. The van der Waals surface area contributed by atoms with Crippen LogP contribution in [-0.2, 0) is 20.9 Å². The van der Waals surface area contributed by atoms with E-state index in [1.807, 2.05) is 35.2 Å². The van der Waals surface area contributed by atoms with E-state index in [0.717, 1.165) is 44.2 Å². The second-order valence-electron chi connectivity index (χ2n) is 6.48. The van der Waals surface area contributed by atoms with Crippen LogP contribution in [0.5, 0.6) is 0 Å². The Morgan fingerprint density at radius 1 is 1.36 bits per heavy atom. The summed E-state index contributed by atoms with van der Waals surface area (Å²) >= 11 is 0. The van der Waals surface area contributed by atoms with Gasteiger partial charge in [-0.3, -0.25) is 9.59 Å². The second kappa shape index (κ2) is 10.8. The van der Waals surface area contributed by atoms with Gasteiger partial charge in [0.1, 0.15) is 6.10 Å². The summed E-state index contributed by atoms with van der Waals surface area (Å²) in [6.07, 6.45) is 4.08. The standard InChI is InChI=1S/C19H29N3O3/c20-11-5-4-10-18(21-13-16-7-2-1-3-8-16)19(24)22-12-6-9-17(14-22)25-15-23/h1-3,7-8,15,17-18,21H,4-6,9-14,20H2/t17-,18+/m1/s1. The van der Waals surface area contributed by atoms with Gasteiger partial charge in [0, 0.05) is 13.1 Å². The Morgan fingerprint density at radius 2 is 2.16 bits per heavy atom. The summed E-state index contributed by atoms with van der Waals surface area (Å²) < 4.78 is 5.06. The number of carbonyl (C=O) groups excluding carboxylic acids is 2. The zero-order valence-corrected chi connectivity index (χ0v) is 14.7. The lowest BCUT2D eigenvalue weighted by Gasteiger charge is -2.34. The summed E-state index contributed by atoms with van der Waals surface area (Å²) in [6, 6.07) is 9.82. The largest absolute Gasteiger partial charge is 0.463 e. The third-order valence-corrected chi connectivity index (χ3v) is 4.58. The lowest BCUT2D eigenvalue weighted by Crippen LogP contribution is -2.51. The van der Waals surface area contributed by atoms with Crippen molar-refractivity contribution in [2.24, 2.45) is 5.73 Å². The zero-order valence-electron chi connectivity index (χ0n) is 14.7. The Balaban J connectivity index is 1.94. The van der Waals surface area contributed by atoms with Crippen molar-refractivity contribution in [2.75, 3.05) is 19.6 Å². The average Bonchev–Trinajstić information content (AvgIpc) is 2.65. The first kappa shape index (κ1) is 19.4. The third-order valence-electron chi connectivity index (χ3n) is 4.58. The van der Waals surface area contributed by atoms with E-state index in [1.165, 1.54) is 0 Å². The molecule has 1 aliphatic rings. The highest BCUT2D eigenvalue weighted by Crippen LogP contribution is 2.15. The molecule has 2 rings (SSSR count). The number of carbonyl (C=O) groups is 2. The van der Waals surface area contributed by atoms with Crippen molar-refractivity contribution in [2.45, 2.75) is 50.8 Å². The summed E-state index contributed by atoms with van der Waals surface area (Å²) in [6.45, 7) is 2.97. The first-order chi connectivity index (χ1) is 12.2. The number of benzene rings is 1. The molecule has 25 heavy (non-hydrogen) atoms. The van der Waals surface area contributed by atoms with Crippen molar-refractivity contribution in [3.8, 4) is 0 Å². The van der Waals surface area contributed by atoms with Gasteiger partial charge in [0.15, 0.2) is 0 Å². The molecule has 0 saturated carbocycles. The minimum Gasteiger partial charge on any atom is -0.463 e. The predicted octanol–water partition coefficient (Wildman–Crippen LogP) is 1.44. The summed E-state index contributed by atoms with van der Waals surface area (Å²) in [7, 11) is 0. The number of nitrogens with two attached hydrogens (primary N) is 1. The van der Waals surface area contributed by atoms with Crippen LogP contribution < -0.4 is 11.1 Å². The van der Waals surface area contributed by atoms with Gasteiger partial charge in [0.25, 0.3) is 6.47 Å². The Bertz CT molecular complexity index is 524. The van der Waals surface area contributed by atoms with E-state index >= 15 is 0 Å². The smallest absolute Gasteiger partial charge is 0.293 e. The summed E-state index contributed by atoms with van der Waals surface area (Å²) in [4.78, 5) is 25.3. The second-order valence-corrected chi connectivity index (χ2v) is 6.48. The van der Waals surface area contributed by atoms with Crippen LogP contribution in [0.3, 0.4) is 0 Å². The molecule has 0 spiro atoms. The summed E-state index contributed by atoms with van der Waals surface area (Å²) in [5.41, 5.74) is 6.74. The van der Waals surface area contributed by atoms with Crippen molar-refractivity contribution >= 4 is 12.4 Å². The van der Waals surface area contributed by atoms with Crippen LogP contribution in [-0.4, -0.2) is 49.1 Å².